The fourth-order valence-corrected chi connectivity index (χ4v) is 3.52. The fraction of sp³-hybridized carbons (Fsp3) is 0.150. The summed E-state index contributed by atoms with van der Waals surface area (Å²) in [5.41, 5.74) is 4.15. The third kappa shape index (κ3) is 2.58. The molecule has 3 aromatic heterocycles. The van der Waals surface area contributed by atoms with Crippen LogP contribution in [0.3, 0.4) is 0 Å². The predicted octanol–water partition coefficient (Wildman–Crippen LogP) is 2.46. The molecule has 0 radical (unpaired) electrons. The number of nitrogens with one attached hydrogen (secondary N) is 1. The van der Waals surface area contributed by atoms with Gasteiger partial charge in [-0.1, -0.05) is 6.07 Å². The number of oxazole rings is 1. The molecule has 1 atom stereocenters. The highest BCUT2D eigenvalue weighted by molar-refractivity contribution is 5.97. The van der Waals surface area contributed by atoms with E-state index in [2.05, 4.69) is 20.3 Å². The van der Waals surface area contributed by atoms with E-state index in [0.717, 1.165) is 11.1 Å². The van der Waals surface area contributed by atoms with Crippen LogP contribution in [0.2, 0.25) is 0 Å². The molecule has 4 heterocycles. The van der Waals surface area contributed by atoms with E-state index < -0.39 is 5.76 Å². The van der Waals surface area contributed by atoms with E-state index in [0.29, 0.717) is 28.3 Å². The van der Waals surface area contributed by atoms with Gasteiger partial charge in [-0.2, -0.15) is 0 Å². The maximum absolute atomic E-state index is 12.3. The second-order valence-corrected chi connectivity index (χ2v) is 6.69. The summed E-state index contributed by atoms with van der Waals surface area (Å²) in [7, 11) is 1.63. The molecule has 1 aliphatic heterocycles. The third-order valence-corrected chi connectivity index (χ3v) is 4.97. The highest BCUT2D eigenvalue weighted by atomic mass is 16.4. The molecule has 0 bridgehead atoms. The van der Waals surface area contributed by atoms with Gasteiger partial charge in [-0.15, -0.1) is 0 Å². The van der Waals surface area contributed by atoms with Crippen molar-refractivity contribution in [2.24, 2.45) is 7.05 Å². The Morgan fingerprint density at radius 2 is 1.96 bits per heavy atom. The van der Waals surface area contributed by atoms with Gasteiger partial charge in [0.15, 0.2) is 11.4 Å². The van der Waals surface area contributed by atoms with Crippen LogP contribution in [0.5, 0.6) is 0 Å². The van der Waals surface area contributed by atoms with E-state index in [9.17, 15) is 9.59 Å². The predicted molar refractivity (Wildman–Crippen MR) is 102 cm³/mol. The zero-order chi connectivity index (χ0) is 19.3. The Bertz CT molecular complexity index is 1260. The van der Waals surface area contributed by atoms with E-state index in [-0.39, 0.29) is 18.2 Å². The number of benzene rings is 1. The number of carbonyl (C=O) groups excluding carboxylic acids is 1. The lowest BCUT2D eigenvalue weighted by molar-refractivity contribution is -0.116. The fourth-order valence-electron chi connectivity index (χ4n) is 3.52. The molecule has 1 aliphatic rings. The van der Waals surface area contributed by atoms with Crippen molar-refractivity contribution in [3.8, 4) is 11.5 Å². The minimum atomic E-state index is -0.441. The molecular weight excluding hydrogens is 358 g/mol. The minimum absolute atomic E-state index is 0.0980. The van der Waals surface area contributed by atoms with Crippen LogP contribution in [0.15, 0.2) is 58.1 Å². The molecule has 1 N–H and O–H groups in total. The Kier molecular flexibility index (Phi) is 3.58. The van der Waals surface area contributed by atoms with Gasteiger partial charge >= 0.3 is 5.76 Å². The van der Waals surface area contributed by atoms with E-state index in [1.165, 1.54) is 4.57 Å². The standard InChI is InChI=1S/C20H15N5O3/c1-25-16-8-15-13(6-17(16)28-20(25)27)12(7-18(26)24-15)11-9-22-19(23-10-11)14-4-2-3-5-21-14/h2-6,8-10,12H,7H2,1H3,(H,24,26). The average Bonchev–Trinajstić information content (AvgIpc) is 3.00. The normalized spacial score (nSPS) is 16.0. The molecule has 4 aromatic rings. The van der Waals surface area contributed by atoms with Crippen LogP contribution < -0.4 is 11.1 Å². The third-order valence-electron chi connectivity index (χ3n) is 4.97. The van der Waals surface area contributed by atoms with Gasteiger partial charge in [0.2, 0.25) is 5.91 Å². The highest BCUT2D eigenvalue weighted by Crippen LogP contribution is 2.38. The minimum Gasteiger partial charge on any atom is -0.408 e. The molecule has 0 aliphatic carbocycles. The average molecular weight is 373 g/mol. The number of aromatic nitrogens is 4. The van der Waals surface area contributed by atoms with Crippen molar-refractivity contribution < 1.29 is 9.21 Å². The number of nitrogens with zero attached hydrogens (tertiary/aromatic N) is 4. The van der Waals surface area contributed by atoms with Gasteiger partial charge in [-0.05, 0) is 35.4 Å². The van der Waals surface area contributed by atoms with E-state index in [1.807, 2.05) is 24.3 Å². The first-order chi connectivity index (χ1) is 13.6. The molecule has 28 heavy (non-hydrogen) atoms. The molecule has 0 fully saturated rings. The molecule has 5 rings (SSSR count). The van der Waals surface area contributed by atoms with Crippen LogP contribution in [0.4, 0.5) is 5.69 Å². The van der Waals surface area contributed by atoms with Crippen molar-refractivity contribution in [3.05, 3.63) is 70.6 Å². The second-order valence-electron chi connectivity index (χ2n) is 6.69. The largest absolute Gasteiger partial charge is 0.419 e. The van der Waals surface area contributed by atoms with Gasteiger partial charge in [0.25, 0.3) is 0 Å². The Morgan fingerprint density at radius 3 is 2.71 bits per heavy atom. The summed E-state index contributed by atoms with van der Waals surface area (Å²) in [5, 5.41) is 2.88. The maximum Gasteiger partial charge on any atom is 0.419 e. The number of pyridine rings is 1. The van der Waals surface area contributed by atoms with Crippen molar-refractivity contribution in [1.82, 2.24) is 19.5 Å². The lowest BCUT2D eigenvalue weighted by atomic mass is 9.86. The topological polar surface area (TPSA) is 103 Å². The Hall–Kier alpha value is -3.81. The smallest absolute Gasteiger partial charge is 0.408 e. The molecule has 1 aromatic carbocycles. The molecule has 8 nitrogen and oxygen atoms in total. The van der Waals surface area contributed by atoms with Crippen LogP contribution in [-0.4, -0.2) is 25.4 Å². The van der Waals surface area contributed by atoms with Crippen molar-refractivity contribution in [1.29, 1.82) is 0 Å². The van der Waals surface area contributed by atoms with E-state index >= 15 is 0 Å². The molecule has 0 spiro atoms. The molecule has 138 valence electrons. The van der Waals surface area contributed by atoms with Crippen LogP contribution in [0, 0.1) is 0 Å². The van der Waals surface area contributed by atoms with E-state index in [4.69, 9.17) is 4.42 Å². The monoisotopic (exact) mass is 373 g/mol. The van der Waals surface area contributed by atoms with Crippen molar-refractivity contribution >= 4 is 22.7 Å². The highest BCUT2D eigenvalue weighted by Gasteiger charge is 2.28. The van der Waals surface area contributed by atoms with Crippen molar-refractivity contribution in [3.63, 3.8) is 0 Å². The van der Waals surface area contributed by atoms with Gasteiger partial charge in [-0.3, -0.25) is 14.3 Å². The lowest BCUT2D eigenvalue weighted by Gasteiger charge is -2.25. The quantitative estimate of drug-likeness (QED) is 0.579. The van der Waals surface area contributed by atoms with E-state index in [1.54, 1.807) is 31.7 Å². The molecule has 8 heteroatoms. The number of aryl methyl sites for hydroxylation is 1. The number of carbonyl (C=O) groups is 1. The number of hydrogen-bond donors (Lipinski definition) is 1. The summed E-state index contributed by atoms with van der Waals surface area (Å²) < 4.78 is 6.72. The molecule has 1 amide bonds. The van der Waals surface area contributed by atoms with Gasteiger partial charge in [0.1, 0.15) is 5.69 Å². The molecular formula is C20H15N5O3. The van der Waals surface area contributed by atoms with Gasteiger partial charge in [0.05, 0.1) is 5.52 Å². The summed E-state index contributed by atoms with van der Waals surface area (Å²) in [6.07, 6.45) is 5.39. The van der Waals surface area contributed by atoms with Crippen LogP contribution in [-0.2, 0) is 11.8 Å². The van der Waals surface area contributed by atoms with Crippen LogP contribution in [0.25, 0.3) is 22.6 Å². The van der Waals surface area contributed by atoms with Gasteiger partial charge in [-0.25, -0.2) is 14.8 Å². The summed E-state index contributed by atoms with van der Waals surface area (Å²) in [6.45, 7) is 0. The van der Waals surface area contributed by atoms with Gasteiger partial charge < -0.3 is 9.73 Å². The lowest BCUT2D eigenvalue weighted by Crippen LogP contribution is -2.23. The van der Waals surface area contributed by atoms with Gasteiger partial charge in [0, 0.05) is 43.7 Å². The summed E-state index contributed by atoms with van der Waals surface area (Å²) in [4.78, 5) is 37.2. The number of rotatable bonds is 2. The van der Waals surface area contributed by atoms with Crippen molar-refractivity contribution in [2.75, 3.05) is 5.32 Å². The van der Waals surface area contributed by atoms with Crippen LogP contribution >= 0.6 is 0 Å². The zero-order valence-electron chi connectivity index (χ0n) is 14.9. The number of amides is 1. The molecule has 0 saturated heterocycles. The number of fused-ring (bicyclic) bond motifs is 2. The number of anilines is 1. The first-order valence-electron chi connectivity index (χ1n) is 8.77. The molecule has 0 saturated carbocycles. The second kappa shape index (κ2) is 6.12. The Balaban J connectivity index is 1.59. The molecule has 1 unspecified atom stereocenters. The Labute approximate surface area is 158 Å². The maximum atomic E-state index is 12.3. The first kappa shape index (κ1) is 16.4. The summed E-state index contributed by atoms with van der Waals surface area (Å²) >= 11 is 0. The first-order valence-corrected chi connectivity index (χ1v) is 8.77. The van der Waals surface area contributed by atoms with Crippen molar-refractivity contribution in [2.45, 2.75) is 12.3 Å². The zero-order valence-corrected chi connectivity index (χ0v) is 14.9. The van der Waals surface area contributed by atoms with Crippen LogP contribution in [0.1, 0.15) is 23.5 Å². The summed E-state index contributed by atoms with van der Waals surface area (Å²) in [5.74, 6) is -0.242. The summed E-state index contributed by atoms with van der Waals surface area (Å²) in [6, 6.07) is 9.12. The number of hydrogen-bond acceptors (Lipinski definition) is 6. The Morgan fingerprint density at radius 1 is 1.14 bits per heavy atom. The SMILES string of the molecule is Cn1c(=O)oc2cc3c(cc21)NC(=O)CC3c1cnc(-c2ccccn2)nc1.